The molecule has 0 aliphatic heterocycles. The highest BCUT2D eigenvalue weighted by Crippen LogP contribution is 2.24. The van der Waals surface area contributed by atoms with Crippen LogP contribution in [0.15, 0.2) is 11.8 Å². The molecule has 0 aliphatic carbocycles. The molecule has 0 amide bonds. The molecule has 84 valence electrons. The molecule has 0 aromatic carbocycles. The second-order valence-electron chi connectivity index (χ2n) is 4.37. The first-order chi connectivity index (χ1) is 6.49. The zero-order chi connectivity index (χ0) is 11.2. The number of allylic oxidation sites excluding steroid dienone is 2. The van der Waals surface area contributed by atoms with Crippen LogP contribution in [0, 0.1) is 5.92 Å². The topological polar surface area (TPSA) is 9.23 Å². The van der Waals surface area contributed by atoms with Gasteiger partial charge in [-0.3, -0.25) is 0 Å². The molecule has 0 fully saturated rings. The third kappa shape index (κ3) is 4.31. The number of hydrogen-bond donors (Lipinski definition) is 0. The van der Waals surface area contributed by atoms with Gasteiger partial charge in [0.2, 0.25) is 8.32 Å². The Morgan fingerprint density at radius 1 is 1.14 bits per heavy atom. The molecule has 0 unspecified atom stereocenters. The van der Waals surface area contributed by atoms with E-state index >= 15 is 0 Å². The van der Waals surface area contributed by atoms with Crippen molar-refractivity contribution in [1.29, 1.82) is 0 Å². The maximum Gasteiger partial charge on any atom is 0.250 e. The fraction of sp³-hybridized carbons (Fsp3) is 0.833. The summed E-state index contributed by atoms with van der Waals surface area (Å²) in [5.74, 6) is 1.73. The molecule has 0 spiro atoms. The SMILES string of the molecule is CC[Si](CC)(CC)O/C(C)=C\C(C)C. The molecule has 0 saturated heterocycles. The summed E-state index contributed by atoms with van der Waals surface area (Å²) in [5.41, 5.74) is 0. The Kier molecular flexibility index (Phi) is 6.17. The molecule has 0 aliphatic rings. The fourth-order valence-corrected chi connectivity index (χ4v) is 4.50. The number of hydrogen-bond acceptors (Lipinski definition) is 1. The lowest BCUT2D eigenvalue weighted by Crippen LogP contribution is -2.35. The van der Waals surface area contributed by atoms with Crippen LogP contribution in [0.3, 0.4) is 0 Å². The molecule has 1 nitrogen and oxygen atoms in total. The maximum atomic E-state index is 6.20. The van der Waals surface area contributed by atoms with Crippen LogP contribution >= 0.6 is 0 Å². The minimum absolute atomic E-state index is 0.590. The standard InChI is InChI=1S/C12H26OSi/c1-7-14(8-2,9-3)13-12(6)10-11(4)5/h10-11H,7-9H2,1-6H3/b12-10-. The zero-order valence-corrected chi connectivity index (χ0v) is 11.7. The average molecular weight is 214 g/mol. The van der Waals surface area contributed by atoms with E-state index in [-0.39, 0.29) is 0 Å². The summed E-state index contributed by atoms with van der Waals surface area (Å²) in [6.07, 6.45) is 2.22. The summed E-state index contributed by atoms with van der Waals surface area (Å²) in [7, 11) is -1.42. The van der Waals surface area contributed by atoms with Crippen molar-refractivity contribution in [2.75, 3.05) is 0 Å². The van der Waals surface area contributed by atoms with Gasteiger partial charge >= 0.3 is 0 Å². The van der Waals surface area contributed by atoms with Crippen LogP contribution in [-0.4, -0.2) is 8.32 Å². The van der Waals surface area contributed by atoms with Crippen LogP contribution in [0.25, 0.3) is 0 Å². The zero-order valence-electron chi connectivity index (χ0n) is 10.7. The van der Waals surface area contributed by atoms with Gasteiger partial charge in [-0.15, -0.1) is 0 Å². The lowest BCUT2D eigenvalue weighted by molar-refractivity contribution is 0.401. The highest BCUT2D eigenvalue weighted by atomic mass is 28.4. The van der Waals surface area contributed by atoms with E-state index in [0.29, 0.717) is 5.92 Å². The molecule has 0 N–H and O–H groups in total. The summed E-state index contributed by atoms with van der Waals surface area (Å²) in [6, 6.07) is 3.68. The maximum absolute atomic E-state index is 6.20. The summed E-state index contributed by atoms with van der Waals surface area (Å²) < 4.78 is 6.20. The molecule has 0 aromatic rings. The van der Waals surface area contributed by atoms with Crippen molar-refractivity contribution < 1.29 is 4.43 Å². The summed E-state index contributed by atoms with van der Waals surface area (Å²) in [5, 5.41) is 0. The molecule has 2 heteroatoms. The van der Waals surface area contributed by atoms with Gasteiger partial charge in [0.15, 0.2) is 0 Å². The van der Waals surface area contributed by atoms with Gasteiger partial charge < -0.3 is 4.43 Å². The monoisotopic (exact) mass is 214 g/mol. The molecular weight excluding hydrogens is 188 g/mol. The van der Waals surface area contributed by atoms with Crippen molar-refractivity contribution in [3.63, 3.8) is 0 Å². The first-order valence-electron chi connectivity index (χ1n) is 5.87. The second-order valence-corrected chi connectivity index (χ2v) is 9.06. The minimum Gasteiger partial charge on any atom is -0.547 e. The van der Waals surface area contributed by atoms with E-state index in [9.17, 15) is 0 Å². The van der Waals surface area contributed by atoms with Crippen molar-refractivity contribution in [2.24, 2.45) is 5.92 Å². The van der Waals surface area contributed by atoms with Crippen molar-refractivity contribution in [3.8, 4) is 0 Å². The Hall–Kier alpha value is -0.243. The smallest absolute Gasteiger partial charge is 0.250 e. The van der Waals surface area contributed by atoms with E-state index in [2.05, 4.69) is 47.6 Å². The first-order valence-corrected chi connectivity index (χ1v) is 8.40. The molecule has 0 radical (unpaired) electrons. The lowest BCUT2D eigenvalue weighted by Gasteiger charge is -2.29. The first kappa shape index (κ1) is 13.8. The molecule has 0 atom stereocenters. The van der Waals surface area contributed by atoms with Crippen molar-refractivity contribution in [1.82, 2.24) is 0 Å². The highest BCUT2D eigenvalue weighted by molar-refractivity contribution is 6.73. The molecule has 0 heterocycles. The van der Waals surface area contributed by atoms with Gasteiger partial charge in [-0.1, -0.05) is 34.6 Å². The second kappa shape index (κ2) is 6.28. The van der Waals surface area contributed by atoms with Crippen LogP contribution in [0.4, 0.5) is 0 Å². The molecule has 0 aromatic heterocycles. The summed E-state index contributed by atoms with van der Waals surface area (Å²) >= 11 is 0. The van der Waals surface area contributed by atoms with Gasteiger partial charge in [-0.05, 0) is 37.0 Å². The third-order valence-electron chi connectivity index (χ3n) is 2.88. The van der Waals surface area contributed by atoms with Crippen molar-refractivity contribution in [3.05, 3.63) is 11.8 Å². The van der Waals surface area contributed by atoms with Crippen LogP contribution in [0.5, 0.6) is 0 Å². The van der Waals surface area contributed by atoms with Gasteiger partial charge in [-0.25, -0.2) is 0 Å². The quantitative estimate of drug-likeness (QED) is 0.465. The minimum atomic E-state index is -1.42. The van der Waals surface area contributed by atoms with Crippen LogP contribution in [-0.2, 0) is 4.43 Å². The van der Waals surface area contributed by atoms with Crippen LogP contribution in [0.1, 0.15) is 41.5 Å². The molecule has 0 rings (SSSR count). The summed E-state index contributed by atoms with van der Waals surface area (Å²) in [6.45, 7) is 13.3. The molecule has 14 heavy (non-hydrogen) atoms. The van der Waals surface area contributed by atoms with Gasteiger partial charge in [0, 0.05) is 0 Å². The Bertz CT molecular complexity index is 172. The predicted molar refractivity (Wildman–Crippen MR) is 66.9 cm³/mol. The Labute approximate surface area is 90.7 Å². The number of rotatable bonds is 6. The normalized spacial score (nSPS) is 13.5. The van der Waals surface area contributed by atoms with E-state index in [1.165, 1.54) is 18.1 Å². The van der Waals surface area contributed by atoms with E-state index in [4.69, 9.17) is 4.43 Å². The van der Waals surface area contributed by atoms with Crippen LogP contribution < -0.4 is 0 Å². The van der Waals surface area contributed by atoms with E-state index in [1.54, 1.807) is 0 Å². The molecule has 0 bridgehead atoms. The van der Waals surface area contributed by atoms with Crippen molar-refractivity contribution in [2.45, 2.75) is 59.7 Å². The fourth-order valence-electron chi connectivity index (χ4n) is 1.81. The molecular formula is C12H26OSi. The van der Waals surface area contributed by atoms with Crippen molar-refractivity contribution >= 4 is 8.32 Å². The summed E-state index contributed by atoms with van der Waals surface area (Å²) in [4.78, 5) is 0. The Balaban J connectivity index is 4.44. The highest BCUT2D eigenvalue weighted by Gasteiger charge is 2.30. The third-order valence-corrected chi connectivity index (χ3v) is 7.50. The van der Waals surface area contributed by atoms with Gasteiger partial charge in [-0.2, -0.15) is 0 Å². The predicted octanol–water partition coefficient (Wildman–Crippen LogP) is 4.57. The van der Waals surface area contributed by atoms with Gasteiger partial charge in [0.05, 0.1) is 5.76 Å². The van der Waals surface area contributed by atoms with E-state index in [0.717, 1.165) is 5.76 Å². The largest absolute Gasteiger partial charge is 0.547 e. The molecule has 0 saturated carbocycles. The Morgan fingerprint density at radius 2 is 1.57 bits per heavy atom. The van der Waals surface area contributed by atoms with E-state index in [1.807, 2.05) is 0 Å². The van der Waals surface area contributed by atoms with E-state index < -0.39 is 8.32 Å². The van der Waals surface area contributed by atoms with Gasteiger partial charge in [0.25, 0.3) is 0 Å². The Morgan fingerprint density at radius 3 is 1.86 bits per heavy atom. The average Bonchev–Trinajstić information content (AvgIpc) is 2.13. The van der Waals surface area contributed by atoms with Crippen LogP contribution in [0.2, 0.25) is 18.1 Å². The lowest BCUT2D eigenvalue weighted by atomic mass is 10.2. The van der Waals surface area contributed by atoms with Gasteiger partial charge in [0.1, 0.15) is 0 Å².